The molecule has 142 valence electrons. The molecule has 1 aromatic heterocycles. The van der Waals surface area contributed by atoms with E-state index in [1.807, 2.05) is 39.8 Å². The number of benzene rings is 1. The Morgan fingerprint density at radius 3 is 2.69 bits per heavy atom. The number of aromatic nitrogens is 3. The first-order chi connectivity index (χ1) is 12.3. The fourth-order valence-electron chi connectivity index (χ4n) is 2.18. The van der Waals surface area contributed by atoms with E-state index in [0.29, 0.717) is 29.4 Å². The third kappa shape index (κ3) is 6.07. The van der Waals surface area contributed by atoms with Crippen molar-refractivity contribution in [3.8, 4) is 11.5 Å². The molecule has 26 heavy (non-hydrogen) atoms. The first-order valence-corrected chi connectivity index (χ1v) is 8.75. The van der Waals surface area contributed by atoms with E-state index in [-0.39, 0.29) is 18.1 Å². The summed E-state index contributed by atoms with van der Waals surface area (Å²) < 4.78 is 13.4. The van der Waals surface area contributed by atoms with Gasteiger partial charge >= 0.3 is 0 Å². The van der Waals surface area contributed by atoms with Crippen molar-refractivity contribution in [3.63, 3.8) is 0 Å². The second-order valence-corrected chi connectivity index (χ2v) is 7.05. The Balaban J connectivity index is 2.02. The molecule has 0 radical (unpaired) electrons. The predicted octanol–water partition coefficient (Wildman–Crippen LogP) is 2.38. The third-order valence-corrected chi connectivity index (χ3v) is 3.47. The molecule has 2 rings (SSSR count). The van der Waals surface area contributed by atoms with Crippen LogP contribution >= 0.6 is 12.2 Å². The van der Waals surface area contributed by atoms with Crippen LogP contribution in [0.4, 0.5) is 0 Å². The van der Waals surface area contributed by atoms with E-state index in [4.69, 9.17) is 21.7 Å². The number of rotatable bonds is 8. The highest BCUT2D eigenvalue weighted by molar-refractivity contribution is 7.71. The molecule has 0 aliphatic heterocycles. The summed E-state index contributed by atoms with van der Waals surface area (Å²) in [6, 6.07) is 5.56. The van der Waals surface area contributed by atoms with Gasteiger partial charge in [-0.05, 0) is 57.6 Å². The second kappa shape index (κ2) is 8.70. The number of nitrogens with zero attached hydrogens (tertiary/aromatic N) is 2. The molecule has 1 heterocycles. The first kappa shape index (κ1) is 19.8. The first-order valence-electron chi connectivity index (χ1n) is 8.34. The van der Waals surface area contributed by atoms with Crippen molar-refractivity contribution in [2.45, 2.75) is 39.8 Å². The van der Waals surface area contributed by atoms with Gasteiger partial charge in [0.15, 0.2) is 18.1 Å². The molecular formula is C17H25N5O3S. The normalized spacial score (nSPS) is 11.1. The maximum atomic E-state index is 11.9. The summed E-state index contributed by atoms with van der Waals surface area (Å²) >= 11 is 5.09. The van der Waals surface area contributed by atoms with Crippen LogP contribution in [-0.4, -0.2) is 39.5 Å². The van der Waals surface area contributed by atoms with Crippen LogP contribution in [0.5, 0.6) is 11.5 Å². The topological polar surface area (TPSA) is 93.2 Å². The van der Waals surface area contributed by atoms with Gasteiger partial charge in [-0.2, -0.15) is 5.10 Å². The van der Waals surface area contributed by atoms with Crippen LogP contribution < -0.4 is 20.2 Å². The molecule has 3 N–H and O–H groups in total. The number of nitrogens with one attached hydrogen (secondary N) is 3. The van der Waals surface area contributed by atoms with Crippen molar-refractivity contribution in [1.29, 1.82) is 0 Å². The Hall–Kier alpha value is -2.55. The smallest absolute Gasteiger partial charge is 0.258 e. The van der Waals surface area contributed by atoms with Crippen LogP contribution in [0.1, 0.15) is 33.3 Å². The Kier molecular flexibility index (Phi) is 6.62. The lowest BCUT2D eigenvalue weighted by Gasteiger charge is -2.21. The number of ether oxygens (including phenoxy) is 2. The van der Waals surface area contributed by atoms with Crippen molar-refractivity contribution in [3.05, 3.63) is 34.9 Å². The van der Waals surface area contributed by atoms with Crippen LogP contribution in [0.15, 0.2) is 24.5 Å². The van der Waals surface area contributed by atoms with Gasteiger partial charge in [-0.25, -0.2) is 4.68 Å². The molecule has 0 fully saturated rings. The highest BCUT2D eigenvalue weighted by atomic mass is 32.1. The van der Waals surface area contributed by atoms with Crippen LogP contribution in [-0.2, 0) is 11.3 Å². The van der Waals surface area contributed by atoms with Gasteiger partial charge in [-0.3, -0.25) is 9.89 Å². The van der Waals surface area contributed by atoms with Gasteiger partial charge in [0, 0.05) is 5.54 Å². The van der Waals surface area contributed by atoms with Crippen molar-refractivity contribution in [2.75, 3.05) is 18.6 Å². The molecule has 9 heteroatoms. The highest BCUT2D eigenvalue weighted by Crippen LogP contribution is 2.28. The van der Waals surface area contributed by atoms with Gasteiger partial charge in [0.05, 0.1) is 13.2 Å². The van der Waals surface area contributed by atoms with Crippen molar-refractivity contribution in [2.24, 2.45) is 0 Å². The zero-order chi connectivity index (χ0) is 19.2. The fourth-order valence-corrected chi connectivity index (χ4v) is 2.35. The minimum Gasteiger partial charge on any atom is -0.490 e. The number of carbonyl (C=O) groups is 1. The summed E-state index contributed by atoms with van der Waals surface area (Å²) in [7, 11) is 0. The lowest BCUT2D eigenvalue weighted by Crippen LogP contribution is -2.43. The summed E-state index contributed by atoms with van der Waals surface area (Å²) in [5.74, 6) is 0.936. The molecule has 0 saturated heterocycles. The van der Waals surface area contributed by atoms with E-state index in [2.05, 4.69) is 20.9 Å². The van der Waals surface area contributed by atoms with Gasteiger partial charge in [-0.15, -0.1) is 0 Å². The second-order valence-electron chi connectivity index (χ2n) is 6.67. The number of hydrogen-bond donors (Lipinski definition) is 3. The molecule has 0 aliphatic carbocycles. The molecule has 0 saturated carbocycles. The SMILES string of the molecule is CCOc1cc(CNn2cn[nH]c2=S)ccc1OCC(=O)NC(C)(C)C. The number of H-pyrrole nitrogens is 1. The van der Waals surface area contributed by atoms with Gasteiger partial charge < -0.3 is 20.2 Å². The number of hydrogen-bond acceptors (Lipinski definition) is 6. The van der Waals surface area contributed by atoms with Crippen molar-refractivity contribution < 1.29 is 14.3 Å². The Labute approximate surface area is 157 Å². The maximum Gasteiger partial charge on any atom is 0.258 e. The molecule has 0 unspecified atom stereocenters. The summed E-state index contributed by atoms with van der Waals surface area (Å²) in [6.07, 6.45) is 1.57. The molecule has 8 nitrogen and oxygen atoms in total. The van der Waals surface area contributed by atoms with Gasteiger partial charge in [0.2, 0.25) is 4.77 Å². The minimum absolute atomic E-state index is 0.0703. The highest BCUT2D eigenvalue weighted by Gasteiger charge is 2.15. The minimum atomic E-state index is -0.299. The van der Waals surface area contributed by atoms with Crippen LogP contribution in [0.2, 0.25) is 0 Å². The molecule has 1 aromatic carbocycles. The Bertz CT molecular complexity index is 794. The quantitative estimate of drug-likeness (QED) is 0.610. The van der Waals surface area contributed by atoms with E-state index in [1.165, 1.54) is 0 Å². The molecule has 2 aromatic rings. The van der Waals surface area contributed by atoms with Crippen LogP contribution in [0.3, 0.4) is 0 Å². The van der Waals surface area contributed by atoms with E-state index in [0.717, 1.165) is 5.56 Å². The van der Waals surface area contributed by atoms with E-state index in [1.54, 1.807) is 17.1 Å². The molecule has 1 amide bonds. The van der Waals surface area contributed by atoms with Crippen LogP contribution in [0.25, 0.3) is 0 Å². The van der Waals surface area contributed by atoms with Crippen LogP contribution in [0, 0.1) is 4.77 Å². The zero-order valence-corrected chi connectivity index (χ0v) is 16.3. The monoisotopic (exact) mass is 379 g/mol. The van der Waals surface area contributed by atoms with Crippen molar-refractivity contribution >= 4 is 18.1 Å². The lowest BCUT2D eigenvalue weighted by molar-refractivity contribution is -0.124. The van der Waals surface area contributed by atoms with E-state index in [9.17, 15) is 4.79 Å². The Morgan fingerprint density at radius 2 is 2.08 bits per heavy atom. The molecule has 0 spiro atoms. The van der Waals surface area contributed by atoms with Gasteiger partial charge in [-0.1, -0.05) is 6.07 Å². The molecule has 0 aliphatic rings. The number of amides is 1. The Morgan fingerprint density at radius 1 is 1.31 bits per heavy atom. The summed E-state index contributed by atoms with van der Waals surface area (Å²) in [4.78, 5) is 11.9. The summed E-state index contributed by atoms with van der Waals surface area (Å²) in [5.41, 5.74) is 3.81. The number of carbonyl (C=O) groups excluding carboxylic acids is 1. The van der Waals surface area contributed by atoms with E-state index >= 15 is 0 Å². The van der Waals surface area contributed by atoms with E-state index < -0.39 is 0 Å². The average molecular weight is 379 g/mol. The zero-order valence-electron chi connectivity index (χ0n) is 15.5. The van der Waals surface area contributed by atoms with Crippen molar-refractivity contribution in [1.82, 2.24) is 20.2 Å². The third-order valence-electron chi connectivity index (χ3n) is 3.19. The summed E-state index contributed by atoms with van der Waals surface area (Å²) in [6.45, 7) is 8.61. The summed E-state index contributed by atoms with van der Waals surface area (Å²) in [5, 5.41) is 9.38. The molecule has 0 bridgehead atoms. The predicted molar refractivity (Wildman–Crippen MR) is 101 cm³/mol. The lowest BCUT2D eigenvalue weighted by atomic mass is 10.1. The van der Waals surface area contributed by atoms with Gasteiger partial charge in [0.1, 0.15) is 6.33 Å². The van der Waals surface area contributed by atoms with Gasteiger partial charge in [0.25, 0.3) is 5.91 Å². The standard InChI is InChI=1S/C17H25N5O3S/c1-5-24-14-8-12(9-19-22-11-18-21-16(22)26)6-7-13(14)25-10-15(23)20-17(2,3)4/h6-8,11,19H,5,9-10H2,1-4H3,(H,20,23)(H,21,26). The molecule has 0 atom stereocenters. The average Bonchev–Trinajstić information content (AvgIpc) is 2.96. The molecular weight excluding hydrogens is 354 g/mol. The number of aromatic amines is 1. The fraction of sp³-hybridized carbons (Fsp3) is 0.471. The largest absolute Gasteiger partial charge is 0.490 e. The maximum absolute atomic E-state index is 11.9.